The third-order valence-corrected chi connectivity index (χ3v) is 3.38. The number of anilines is 1. The quantitative estimate of drug-likeness (QED) is 0.927. The smallest absolute Gasteiger partial charge is 0.226 e. The monoisotopic (exact) mass is 312 g/mol. The van der Waals surface area contributed by atoms with E-state index >= 15 is 0 Å². The number of hydrogen-bond acceptors (Lipinski definition) is 2. The zero-order chi connectivity index (χ0) is 13.9. The lowest BCUT2D eigenvalue weighted by molar-refractivity contribution is -0.118. The van der Waals surface area contributed by atoms with Gasteiger partial charge in [0, 0.05) is 29.2 Å². The van der Waals surface area contributed by atoms with Gasteiger partial charge in [-0.05, 0) is 44.9 Å². The van der Waals surface area contributed by atoms with Crippen LogP contribution in [-0.4, -0.2) is 18.5 Å². The summed E-state index contributed by atoms with van der Waals surface area (Å²) in [6, 6.07) is 5.93. The lowest BCUT2D eigenvalue weighted by Crippen LogP contribution is -2.35. The molecule has 0 bridgehead atoms. The first-order valence-corrected chi connectivity index (χ1v) is 6.81. The minimum absolute atomic E-state index is 0.0923. The molecule has 0 heterocycles. The fourth-order valence-corrected chi connectivity index (χ4v) is 2.02. The second kappa shape index (κ2) is 5.85. The molecule has 0 aliphatic carbocycles. The first-order valence-electron chi connectivity index (χ1n) is 6.02. The molecule has 4 heteroatoms. The van der Waals surface area contributed by atoms with Gasteiger partial charge in [-0.3, -0.25) is 4.79 Å². The molecule has 0 aliphatic rings. The Hall–Kier alpha value is -0.870. The predicted octanol–water partition coefficient (Wildman–Crippen LogP) is 3.24. The van der Waals surface area contributed by atoms with Gasteiger partial charge in [0.25, 0.3) is 0 Å². The SMILES string of the molecule is Cc1ccc(Br)cc1N(C)C(=O)CCC(C)(C)N. The molecule has 0 fully saturated rings. The van der Waals surface area contributed by atoms with E-state index in [9.17, 15) is 4.79 Å². The Balaban J connectivity index is 2.77. The fourth-order valence-electron chi connectivity index (χ4n) is 1.68. The van der Waals surface area contributed by atoms with Crippen LogP contribution < -0.4 is 10.6 Å². The molecule has 0 spiro atoms. The summed E-state index contributed by atoms with van der Waals surface area (Å²) in [6.45, 7) is 5.87. The van der Waals surface area contributed by atoms with Crippen molar-refractivity contribution in [2.75, 3.05) is 11.9 Å². The lowest BCUT2D eigenvalue weighted by Gasteiger charge is -2.23. The molecule has 0 aliphatic heterocycles. The number of halogens is 1. The molecule has 1 amide bonds. The first kappa shape index (κ1) is 15.2. The molecular weight excluding hydrogens is 292 g/mol. The molecule has 2 N–H and O–H groups in total. The maximum Gasteiger partial charge on any atom is 0.226 e. The fraction of sp³-hybridized carbons (Fsp3) is 0.500. The predicted molar refractivity (Wildman–Crippen MR) is 79.8 cm³/mol. The summed E-state index contributed by atoms with van der Waals surface area (Å²) in [5, 5.41) is 0. The maximum absolute atomic E-state index is 12.1. The molecule has 0 aromatic heterocycles. The van der Waals surface area contributed by atoms with Crippen LogP contribution >= 0.6 is 15.9 Å². The van der Waals surface area contributed by atoms with Crippen LogP contribution in [0.5, 0.6) is 0 Å². The molecule has 0 atom stereocenters. The highest BCUT2D eigenvalue weighted by Crippen LogP contribution is 2.24. The van der Waals surface area contributed by atoms with Gasteiger partial charge in [0.05, 0.1) is 0 Å². The van der Waals surface area contributed by atoms with E-state index in [0.717, 1.165) is 15.7 Å². The molecule has 3 nitrogen and oxygen atoms in total. The highest BCUT2D eigenvalue weighted by molar-refractivity contribution is 9.10. The van der Waals surface area contributed by atoms with Gasteiger partial charge < -0.3 is 10.6 Å². The molecule has 0 unspecified atom stereocenters. The summed E-state index contributed by atoms with van der Waals surface area (Å²) < 4.78 is 0.974. The average Bonchev–Trinajstić information content (AvgIpc) is 2.27. The van der Waals surface area contributed by atoms with E-state index in [1.54, 1.807) is 11.9 Å². The molecule has 1 aromatic carbocycles. The molecule has 1 aromatic rings. The van der Waals surface area contributed by atoms with Crippen molar-refractivity contribution < 1.29 is 4.79 Å². The van der Waals surface area contributed by atoms with Gasteiger partial charge in [0.15, 0.2) is 0 Å². The molecule has 100 valence electrons. The van der Waals surface area contributed by atoms with Crippen LogP contribution in [0.3, 0.4) is 0 Å². The van der Waals surface area contributed by atoms with E-state index in [-0.39, 0.29) is 11.4 Å². The van der Waals surface area contributed by atoms with Gasteiger partial charge in [-0.25, -0.2) is 0 Å². The van der Waals surface area contributed by atoms with Crippen molar-refractivity contribution in [2.45, 2.75) is 39.2 Å². The van der Waals surface area contributed by atoms with E-state index in [2.05, 4.69) is 15.9 Å². The van der Waals surface area contributed by atoms with E-state index in [4.69, 9.17) is 5.73 Å². The summed E-state index contributed by atoms with van der Waals surface area (Å²) in [5.74, 6) is 0.0923. The number of carbonyl (C=O) groups excluding carboxylic acids is 1. The van der Waals surface area contributed by atoms with E-state index < -0.39 is 0 Å². The van der Waals surface area contributed by atoms with Crippen molar-refractivity contribution in [1.29, 1.82) is 0 Å². The molecule has 0 radical (unpaired) electrons. The van der Waals surface area contributed by atoms with Crippen molar-refractivity contribution in [1.82, 2.24) is 0 Å². The summed E-state index contributed by atoms with van der Waals surface area (Å²) >= 11 is 3.43. The molecule has 0 saturated heterocycles. The highest BCUT2D eigenvalue weighted by Gasteiger charge is 2.17. The Bertz CT molecular complexity index is 438. The van der Waals surface area contributed by atoms with Gasteiger partial charge in [-0.2, -0.15) is 0 Å². The maximum atomic E-state index is 12.1. The number of rotatable bonds is 4. The normalized spacial score (nSPS) is 11.4. The highest BCUT2D eigenvalue weighted by atomic mass is 79.9. The van der Waals surface area contributed by atoms with E-state index in [1.807, 2.05) is 39.0 Å². The third-order valence-electron chi connectivity index (χ3n) is 2.89. The second-order valence-corrected chi connectivity index (χ2v) is 6.29. The largest absolute Gasteiger partial charge is 0.326 e. The van der Waals surface area contributed by atoms with E-state index in [1.165, 1.54) is 0 Å². The third kappa shape index (κ3) is 4.42. The summed E-state index contributed by atoms with van der Waals surface area (Å²) in [7, 11) is 1.81. The first-order chi connectivity index (χ1) is 8.20. The topological polar surface area (TPSA) is 46.3 Å². The Morgan fingerprint density at radius 3 is 2.61 bits per heavy atom. The standard InChI is InChI=1S/C14H21BrN2O/c1-10-5-6-11(15)9-12(10)17(4)13(18)7-8-14(2,3)16/h5-6,9H,7-8,16H2,1-4H3. The Morgan fingerprint density at radius 2 is 2.06 bits per heavy atom. The van der Waals surface area contributed by atoms with Crippen LogP contribution in [0.1, 0.15) is 32.3 Å². The van der Waals surface area contributed by atoms with Crippen molar-refractivity contribution in [2.24, 2.45) is 5.73 Å². The van der Waals surface area contributed by atoms with Crippen molar-refractivity contribution in [3.05, 3.63) is 28.2 Å². The summed E-state index contributed by atoms with van der Waals surface area (Å²) in [6.07, 6.45) is 1.15. The van der Waals surface area contributed by atoms with Crippen molar-refractivity contribution in [3.63, 3.8) is 0 Å². The molecule has 18 heavy (non-hydrogen) atoms. The van der Waals surface area contributed by atoms with Gasteiger partial charge in [-0.1, -0.05) is 22.0 Å². The minimum atomic E-state index is -0.303. The number of hydrogen-bond donors (Lipinski definition) is 1. The zero-order valence-electron chi connectivity index (χ0n) is 11.5. The second-order valence-electron chi connectivity index (χ2n) is 5.37. The number of carbonyl (C=O) groups is 1. The molecule has 0 saturated carbocycles. The molecular formula is C14H21BrN2O. The van der Waals surface area contributed by atoms with Crippen LogP contribution in [0.25, 0.3) is 0 Å². The van der Waals surface area contributed by atoms with Crippen LogP contribution in [0, 0.1) is 6.92 Å². The average molecular weight is 313 g/mol. The number of nitrogens with two attached hydrogens (primary N) is 1. The minimum Gasteiger partial charge on any atom is -0.326 e. The van der Waals surface area contributed by atoms with E-state index in [0.29, 0.717) is 12.8 Å². The van der Waals surface area contributed by atoms with Crippen LogP contribution in [0.2, 0.25) is 0 Å². The van der Waals surface area contributed by atoms with Crippen molar-refractivity contribution >= 4 is 27.5 Å². The Kier molecular flexibility index (Phi) is 4.93. The van der Waals surface area contributed by atoms with Crippen LogP contribution in [0.15, 0.2) is 22.7 Å². The number of benzene rings is 1. The Morgan fingerprint density at radius 1 is 1.44 bits per heavy atom. The van der Waals surface area contributed by atoms with Gasteiger partial charge in [-0.15, -0.1) is 0 Å². The number of nitrogens with zero attached hydrogens (tertiary/aromatic N) is 1. The van der Waals surface area contributed by atoms with Crippen LogP contribution in [0.4, 0.5) is 5.69 Å². The van der Waals surface area contributed by atoms with Crippen LogP contribution in [-0.2, 0) is 4.79 Å². The number of aryl methyl sites for hydroxylation is 1. The number of amides is 1. The zero-order valence-corrected chi connectivity index (χ0v) is 13.0. The van der Waals surface area contributed by atoms with Gasteiger partial charge in [0.1, 0.15) is 0 Å². The summed E-state index contributed by atoms with van der Waals surface area (Å²) in [5.41, 5.74) is 7.61. The van der Waals surface area contributed by atoms with Gasteiger partial charge in [0.2, 0.25) is 5.91 Å². The van der Waals surface area contributed by atoms with Crippen molar-refractivity contribution in [3.8, 4) is 0 Å². The lowest BCUT2D eigenvalue weighted by atomic mass is 9.99. The summed E-state index contributed by atoms with van der Waals surface area (Å²) in [4.78, 5) is 13.8. The molecule has 1 rings (SSSR count). The Labute approximate surface area is 117 Å². The van der Waals surface area contributed by atoms with Gasteiger partial charge >= 0.3 is 0 Å².